The van der Waals surface area contributed by atoms with Crippen molar-refractivity contribution in [1.29, 1.82) is 0 Å². The van der Waals surface area contributed by atoms with Crippen LogP contribution in [0.1, 0.15) is 23.6 Å². The van der Waals surface area contributed by atoms with Crippen molar-refractivity contribution in [2.24, 2.45) is 0 Å². The lowest BCUT2D eigenvalue weighted by Gasteiger charge is -2.06. The van der Waals surface area contributed by atoms with Crippen molar-refractivity contribution in [2.75, 3.05) is 12.4 Å². The van der Waals surface area contributed by atoms with Crippen LogP contribution in [-0.2, 0) is 16.0 Å². The summed E-state index contributed by atoms with van der Waals surface area (Å²) in [5, 5.41) is 2.65. The van der Waals surface area contributed by atoms with Gasteiger partial charge in [-0.15, -0.1) is 0 Å². The standard InChI is InChI=1S/C24H22N2O4/c1-17(27)26-23-15-20(13-14-25-23)4-3-18-5-11-22(12-6-18)30-24(28)16-19-7-9-21(29-2)10-8-19/h3-15H,16H2,1-2H3,(H,25,26,27)/b4-3+. The van der Waals surface area contributed by atoms with E-state index in [1.807, 2.05) is 54.6 Å². The molecule has 152 valence electrons. The van der Waals surface area contributed by atoms with Gasteiger partial charge in [-0.2, -0.15) is 0 Å². The molecule has 3 rings (SSSR count). The number of methoxy groups -OCH3 is 1. The second-order valence-corrected chi connectivity index (χ2v) is 6.56. The molecule has 6 nitrogen and oxygen atoms in total. The van der Waals surface area contributed by atoms with E-state index in [9.17, 15) is 9.59 Å². The lowest BCUT2D eigenvalue weighted by molar-refractivity contribution is -0.133. The number of carbonyl (C=O) groups excluding carboxylic acids is 2. The number of rotatable bonds is 7. The lowest BCUT2D eigenvalue weighted by Crippen LogP contribution is -2.11. The van der Waals surface area contributed by atoms with Crippen molar-refractivity contribution in [1.82, 2.24) is 4.98 Å². The summed E-state index contributed by atoms with van der Waals surface area (Å²) in [6.45, 7) is 1.44. The third-order valence-electron chi connectivity index (χ3n) is 4.18. The molecule has 1 amide bonds. The molecule has 0 unspecified atom stereocenters. The summed E-state index contributed by atoms with van der Waals surface area (Å²) < 4.78 is 10.5. The SMILES string of the molecule is COc1ccc(CC(=O)Oc2ccc(/C=C/c3ccnc(NC(C)=O)c3)cc2)cc1. The van der Waals surface area contributed by atoms with E-state index in [4.69, 9.17) is 9.47 Å². The molecule has 0 atom stereocenters. The fourth-order valence-electron chi connectivity index (χ4n) is 2.72. The van der Waals surface area contributed by atoms with Gasteiger partial charge in [-0.05, 0) is 53.1 Å². The molecule has 1 aromatic heterocycles. The molecule has 30 heavy (non-hydrogen) atoms. The summed E-state index contributed by atoms with van der Waals surface area (Å²) in [7, 11) is 1.60. The van der Waals surface area contributed by atoms with Crippen LogP contribution in [0.4, 0.5) is 5.82 Å². The average molecular weight is 402 g/mol. The number of carbonyl (C=O) groups is 2. The Balaban J connectivity index is 1.57. The van der Waals surface area contributed by atoms with Crippen LogP contribution in [0, 0.1) is 0 Å². The summed E-state index contributed by atoms with van der Waals surface area (Å²) in [6, 6.07) is 18.2. The van der Waals surface area contributed by atoms with Crippen LogP contribution < -0.4 is 14.8 Å². The molecule has 0 aliphatic rings. The van der Waals surface area contributed by atoms with E-state index in [2.05, 4.69) is 10.3 Å². The number of hydrogen-bond acceptors (Lipinski definition) is 5. The maximum atomic E-state index is 12.1. The molecule has 1 N–H and O–H groups in total. The highest BCUT2D eigenvalue weighted by molar-refractivity contribution is 5.88. The molecule has 0 radical (unpaired) electrons. The van der Waals surface area contributed by atoms with Crippen LogP contribution in [0.15, 0.2) is 66.9 Å². The predicted molar refractivity (Wildman–Crippen MR) is 116 cm³/mol. The first-order valence-corrected chi connectivity index (χ1v) is 9.37. The van der Waals surface area contributed by atoms with Gasteiger partial charge in [-0.1, -0.05) is 36.4 Å². The summed E-state index contributed by atoms with van der Waals surface area (Å²) >= 11 is 0. The van der Waals surface area contributed by atoms with Gasteiger partial charge >= 0.3 is 5.97 Å². The van der Waals surface area contributed by atoms with Gasteiger partial charge in [0.25, 0.3) is 0 Å². The van der Waals surface area contributed by atoms with Crippen molar-refractivity contribution in [3.05, 3.63) is 83.6 Å². The topological polar surface area (TPSA) is 77.5 Å². The third kappa shape index (κ3) is 6.31. The number of nitrogens with one attached hydrogen (secondary N) is 1. The van der Waals surface area contributed by atoms with E-state index in [0.29, 0.717) is 11.6 Å². The van der Waals surface area contributed by atoms with Crippen LogP contribution in [0.2, 0.25) is 0 Å². The minimum absolute atomic E-state index is 0.166. The number of hydrogen-bond donors (Lipinski definition) is 1. The van der Waals surface area contributed by atoms with Gasteiger partial charge in [0.05, 0.1) is 13.5 Å². The maximum absolute atomic E-state index is 12.1. The van der Waals surface area contributed by atoms with E-state index in [0.717, 1.165) is 22.4 Å². The molecule has 2 aromatic carbocycles. The largest absolute Gasteiger partial charge is 0.497 e. The summed E-state index contributed by atoms with van der Waals surface area (Å²) in [6.07, 6.45) is 5.66. The van der Waals surface area contributed by atoms with Crippen molar-refractivity contribution in [3.63, 3.8) is 0 Å². The smallest absolute Gasteiger partial charge is 0.315 e. The molecule has 0 aliphatic carbocycles. The lowest BCUT2D eigenvalue weighted by atomic mass is 10.1. The highest BCUT2D eigenvalue weighted by Crippen LogP contribution is 2.17. The Bertz CT molecular complexity index is 1040. The molecule has 3 aromatic rings. The monoisotopic (exact) mass is 402 g/mol. The Morgan fingerprint density at radius 2 is 1.60 bits per heavy atom. The molecular formula is C24H22N2O4. The third-order valence-corrected chi connectivity index (χ3v) is 4.18. The number of anilines is 1. The molecule has 1 heterocycles. The van der Waals surface area contributed by atoms with Crippen LogP contribution >= 0.6 is 0 Å². The fraction of sp³-hybridized carbons (Fsp3) is 0.125. The molecule has 0 bridgehead atoms. The zero-order valence-corrected chi connectivity index (χ0v) is 16.8. The Hall–Kier alpha value is -3.93. The highest BCUT2D eigenvalue weighted by atomic mass is 16.5. The van der Waals surface area contributed by atoms with Crippen molar-refractivity contribution in [3.8, 4) is 11.5 Å². The number of amides is 1. The summed E-state index contributed by atoms with van der Waals surface area (Å²) in [4.78, 5) is 27.4. The zero-order valence-electron chi connectivity index (χ0n) is 16.8. The molecule has 0 aliphatic heterocycles. The van der Waals surface area contributed by atoms with Gasteiger partial charge in [-0.3, -0.25) is 9.59 Å². The van der Waals surface area contributed by atoms with Gasteiger partial charge in [0, 0.05) is 13.1 Å². The minimum Gasteiger partial charge on any atom is -0.497 e. The van der Waals surface area contributed by atoms with Crippen LogP contribution in [0.5, 0.6) is 11.5 Å². The van der Waals surface area contributed by atoms with Gasteiger partial charge in [0.2, 0.25) is 5.91 Å². The van der Waals surface area contributed by atoms with Crippen LogP contribution in [-0.4, -0.2) is 24.0 Å². The Kier molecular flexibility index (Phi) is 6.95. The van der Waals surface area contributed by atoms with Gasteiger partial charge in [-0.25, -0.2) is 4.98 Å². The van der Waals surface area contributed by atoms with Crippen LogP contribution in [0.3, 0.4) is 0 Å². The zero-order chi connectivity index (χ0) is 21.3. The predicted octanol–water partition coefficient (Wildman–Crippen LogP) is 4.37. The van der Waals surface area contributed by atoms with Crippen molar-refractivity contribution >= 4 is 29.8 Å². The van der Waals surface area contributed by atoms with Crippen LogP contribution in [0.25, 0.3) is 12.2 Å². The second-order valence-electron chi connectivity index (χ2n) is 6.56. The quantitative estimate of drug-likeness (QED) is 0.469. The molecule has 0 spiro atoms. The Labute approximate surface area is 175 Å². The summed E-state index contributed by atoms with van der Waals surface area (Å²) in [5.41, 5.74) is 2.71. The van der Waals surface area contributed by atoms with E-state index < -0.39 is 0 Å². The van der Waals surface area contributed by atoms with E-state index >= 15 is 0 Å². The van der Waals surface area contributed by atoms with Crippen molar-refractivity contribution < 1.29 is 19.1 Å². The second kappa shape index (κ2) is 10.0. The minimum atomic E-state index is -0.328. The van der Waals surface area contributed by atoms with Crippen molar-refractivity contribution in [2.45, 2.75) is 13.3 Å². The average Bonchev–Trinajstić information content (AvgIpc) is 2.73. The van der Waals surface area contributed by atoms with Gasteiger partial charge in [0.1, 0.15) is 17.3 Å². The highest BCUT2D eigenvalue weighted by Gasteiger charge is 2.07. The van der Waals surface area contributed by atoms with E-state index in [1.54, 1.807) is 31.5 Å². The first-order chi connectivity index (χ1) is 14.5. The number of pyridine rings is 1. The van der Waals surface area contributed by atoms with Gasteiger partial charge < -0.3 is 14.8 Å². The first-order valence-electron chi connectivity index (χ1n) is 9.37. The van der Waals surface area contributed by atoms with E-state index in [-0.39, 0.29) is 18.3 Å². The summed E-state index contributed by atoms with van der Waals surface area (Å²) in [5.74, 6) is 1.24. The molecule has 0 saturated heterocycles. The maximum Gasteiger partial charge on any atom is 0.315 e. The Morgan fingerprint density at radius 3 is 2.27 bits per heavy atom. The number of nitrogens with zero attached hydrogens (tertiary/aromatic N) is 1. The molecular weight excluding hydrogens is 380 g/mol. The Morgan fingerprint density at radius 1 is 0.933 bits per heavy atom. The first kappa shape index (κ1) is 20.8. The number of ether oxygens (including phenoxy) is 2. The normalized spacial score (nSPS) is 10.6. The number of benzene rings is 2. The number of esters is 1. The molecule has 0 saturated carbocycles. The van der Waals surface area contributed by atoms with E-state index in [1.165, 1.54) is 6.92 Å². The molecule has 6 heteroatoms. The van der Waals surface area contributed by atoms with Gasteiger partial charge in [0.15, 0.2) is 0 Å². The fourth-order valence-corrected chi connectivity index (χ4v) is 2.72. The number of aromatic nitrogens is 1. The molecule has 0 fully saturated rings.